The van der Waals surface area contributed by atoms with Gasteiger partial charge in [-0.3, -0.25) is 0 Å². The van der Waals surface area contributed by atoms with E-state index in [2.05, 4.69) is 6.92 Å². The van der Waals surface area contributed by atoms with Crippen LogP contribution in [-0.2, 0) is 0 Å². The summed E-state index contributed by atoms with van der Waals surface area (Å²) < 4.78 is 0. The summed E-state index contributed by atoms with van der Waals surface area (Å²) in [6.45, 7) is 2.08. The second-order valence-corrected chi connectivity index (χ2v) is 4.58. The standard InChI is InChI=1S/C12H24O2/c1-2-7-11(13)10-8-5-3-4-6-9-12(10)14/h10-14H,2-9H2,1H3. The molecule has 0 radical (unpaired) electrons. The number of hydrogen-bond donors (Lipinski definition) is 2. The van der Waals surface area contributed by atoms with Crippen LogP contribution in [0.4, 0.5) is 0 Å². The molecule has 0 aliphatic heterocycles. The predicted molar refractivity (Wildman–Crippen MR) is 58.1 cm³/mol. The third-order valence-corrected chi connectivity index (χ3v) is 3.36. The zero-order valence-corrected chi connectivity index (χ0v) is 9.28. The van der Waals surface area contributed by atoms with E-state index in [-0.39, 0.29) is 18.1 Å². The first kappa shape index (κ1) is 12.0. The Morgan fingerprint density at radius 3 is 2.43 bits per heavy atom. The minimum atomic E-state index is -0.284. The molecule has 1 aliphatic carbocycles. The molecule has 3 unspecified atom stereocenters. The summed E-state index contributed by atoms with van der Waals surface area (Å²) in [4.78, 5) is 0. The van der Waals surface area contributed by atoms with Crippen LogP contribution in [0.15, 0.2) is 0 Å². The van der Waals surface area contributed by atoms with E-state index < -0.39 is 0 Å². The Hall–Kier alpha value is -0.0800. The lowest BCUT2D eigenvalue weighted by Crippen LogP contribution is -2.32. The van der Waals surface area contributed by atoms with E-state index in [1.165, 1.54) is 19.3 Å². The van der Waals surface area contributed by atoms with Crippen molar-refractivity contribution in [2.24, 2.45) is 5.92 Å². The second-order valence-electron chi connectivity index (χ2n) is 4.58. The maximum Gasteiger partial charge on any atom is 0.0593 e. The molecule has 84 valence electrons. The second kappa shape index (κ2) is 6.41. The molecule has 0 aromatic rings. The van der Waals surface area contributed by atoms with Gasteiger partial charge in [0, 0.05) is 5.92 Å². The Bertz CT molecular complexity index is 143. The molecule has 0 aromatic heterocycles. The SMILES string of the molecule is CCCC(O)C1CCCCCCC1O. The lowest BCUT2D eigenvalue weighted by molar-refractivity contribution is -0.00578. The van der Waals surface area contributed by atoms with Gasteiger partial charge in [0.05, 0.1) is 12.2 Å². The van der Waals surface area contributed by atoms with Crippen molar-refractivity contribution in [3.8, 4) is 0 Å². The van der Waals surface area contributed by atoms with Crippen molar-refractivity contribution in [1.82, 2.24) is 0 Å². The van der Waals surface area contributed by atoms with Gasteiger partial charge < -0.3 is 10.2 Å². The smallest absolute Gasteiger partial charge is 0.0593 e. The predicted octanol–water partition coefficient (Wildman–Crippen LogP) is 2.48. The minimum absolute atomic E-state index is 0.134. The third kappa shape index (κ3) is 3.58. The van der Waals surface area contributed by atoms with Crippen LogP contribution in [0.2, 0.25) is 0 Å². The van der Waals surface area contributed by atoms with Gasteiger partial charge in [0.15, 0.2) is 0 Å². The monoisotopic (exact) mass is 200 g/mol. The van der Waals surface area contributed by atoms with E-state index in [1.54, 1.807) is 0 Å². The molecule has 0 amide bonds. The molecule has 2 heteroatoms. The summed E-state index contributed by atoms with van der Waals surface area (Å²) in [6.07, 6.45) is 7.97. The van der Waals surface area contributed by atoms with Crippen molar-refractivity contribution < 1.29 is 10.2 Å². The number of aliphatic hydroxyl groups excluding tert-OH is 2. The Morgan fingerprint density at radius 1 is 1.14 bits per heavy atom. The molecule has 1 aliphatic rings. The number of hydrogen-bond acceptors (Lipinski definition) is 2. The molecule has 0 saturated heterocycles. The van der Waals surface area contributed by atoms with Crippen LogP contribution in [-0.4, -0.2) is 22.4 Å². The fourth-order valence-corrected chi connectivity index (χ4v) is 2.45. The van der Waals surface area contributed by atoms with E-state index in [4.69, 9.17) is 0 Å². The number of aliphatic hydroxyl groups is 2. The maximum absolute atomic E-state index is 9.91. The highest BCUT2D eigenvalue weighted by Crippen LogP contribution is 2.27. The van der Waals surface area contributed by atoms with Gasteiger partial charge in [0.2, 0.25) is 0 Å². The van der Waals surface area contributed by atoms with E-state index in [1.807, 2.05) is 0 Å². The molecule has 0 bridgehead atoms. The van der Waals surface area contributed by atoms with E-state index >= 15 is 0 Å². The van der Waals surface area contributed by atoms with Crippen molar-refractivity contribution in [2.75, 3.05) is 0 Å². The van der Waals surface area contributed by atoms with Gasteiger partial charge in [-0.25, -0.2) is 0 Å². The normalized spacial score (nSPS) is 31.9. The fourth-order valence-electron chi connectivity index (χ4n) is 2.45. The maximum atomic E-state index is 9.91. The molecule has 2 N–H and O–H groups in total. The Labute approximate surface area is 87.3 Å². The summed E-state index contributed by atoms with van der Waals surface area (Å²) >= 11 is 0. The van der Waals surface area contributed by atoms with Crippen LogP contribution in [0.25, 0.3) is 0 Å². The zero-order valence-electron chi connectivity index (χ0n) is 9.28. The van der Waals surface area contributed by atoms with Gasteiger partial charge in [0.25, 0.3) is 0 Å². The molecular formula is C12H24O2. The highest BCUT2D eigenvalue weighted by Gasteiger charge is 2.26. The van der Waals surface area contributed by atoms with Gasteiger partial charge >= 0.3 is 0 Å². The minimum Gasteiger partial charge on any atom is -0.393 e. The van der Waals surface area contributed by atoms with E-state index in [0.717, 1.165) is 32.1 Å². The lowest BCUT2D eigenvalue weighted by Gasteiger charge is -2.29. The molecule has 0 aromatic carbocycles. The highest BCUT2D eigenvalue weighted by molar-refractivity contribution is 4.77. The largest absolute Gasteiger partial charge is 0.393 e. The van der Waals surface area contributed by atoms with Crippen LogP contribution in [0.3, 0.4) is 0 Å². The average molecular weight is 200 g/mol. The third-order valence-electron chi connectivity index (χ3n) is 3.36. The van der Waals surface area contributed by atoms with Crippen LogP contribution < -0.4 is 0 Å². The quantitative estimate of drug-likeness (QED) is 0.734. The van der Waals surface area contributed by atoms with E-state index in [9.17, 15) is 10.2 Å². The summed E-state index contributed by atoms with van der Waals surface area (Å²) in [6, 6.07) is 0. The summed E-state index contributed by atoms with van der Waals surface area (Å²) in [5.74, 6) is 0.134. The molecule has 0 spiro atoms. The highest BCUT2D eigenvalue weighted by atomic mass is 16.3. The first-order chi connectivity index (χ1) is 6.75. The summed E-state index contributed by atoms with van der Waals surface area (Å²) in [7, 11) is 0. The molecular weight excluding hydrogens is 176 g/mol. The first-order valence-corrected chi connectivity index (χ1v) is 6.11. The summed E-state index contributed by atoms with van der Waals surface area (Å²) in [5.41, 5.74) is 0. The van der Waals surface area contributed by atoms with Crippen LogP contribution in [0.1, 0.15) is 58.3 Å². The topological polar surface area (TPSA) is 40.5 Å². The molecule has 1 fully saturated rings. The molecule has 14 heavy (non-hydrogen) atoms. The molecule has 3 atom stereocenters. The fraction of sp³-hybridized carbons (Fsp3) is 1.00. The van der Waals surface area contributed by atoms with Gasteiger partial charge in [-0.2, -0.15) is 0 Å². The molecule has 1 saturated carbocycles. The van der Waals surface area contributed by atoms with Crippen molar-refractivity contribution in [2.45, 2.75) is 70.5 Å². The Kier molecular flexibility index (Phi) is 5.49. The van der Waals surface area contributed by atoms with Gasteiger partial charge in [-0.15, -0.1) is 0 Å². The molecule has 0 heterocycles. The van der Waals surface area contributed by atoms with Crippen LogP contribution in [0.5, 0.6) is 0 Å². The van der Waals surface area contributed by atoms with Crippen LogP contribution >= 0.6 is 0 Å². The first-order valence-electron chi connectivity index (χ1n) is 6.11. The van der Waals surface area contributed by atoms with Gasteiger partial charge in [-0.1, -0.05) is 39.0 Å². The zero-order chi connectivity index (χ0) is 10.4. The lowest BCUT2D eigenvalue weighted by atomic mass is 9.83. The van der Waals surface area contributed by atoms with Gasteiger partial charge in [0.1, 0.15) is 0 Å². The van der Waals surface area contributed by atoms with Crippen molar-refractivity contribution >= 4 is 0 Å². The molecule has 2 nitrogen and oxygen atoms in total. The average Bonchev–Trinajstić information content (AvgIpc) is 2.12. The van der Waals surface area contributed by atoms with Gasteiger partial charge in [-0.05, 0) is 19.3 Å². The van der Waals surface area contributed by atoms with Crippen molar-refractivity contribution in [1.29, 1.82) is 0 Å². The summed E-state index contributed by atoms with van der Waals surface area (Å²) in [5, 5.41) is 19.8. The van der Waals surface area contributed by atoms with Crippen LogP contribution in [0, 0.1) is 5.92 Å². The van der Waals surface area contributed by atoms with Crippen molar-refractivity contribution in [3.63, 3.8) is 0 Å². The molecule has 1 rings (SSSR count). The number of rotatable bonds is 3. The van der Waals surface area contributed by atoms with E-state index in [0.29, 0.717) is 0 Å². The Morgan fingerprint density at radius 2 is 1.79 bits per heavy atom. The van der Waals surface area contributed by atoms with Crippen molar-refractivity contribution in [3.05, 3.63) is 0 Å². The Balaban J connectivity index is 2.43.